The average Bonchev–Trinajstić information content (AvgIpc) is 2.92. The molecule has 1 unspecified atom stereocenters. The lowest BCUT2D eigenvalue weighted by molar-refractivity contribution is -0.140. The van der Waals surface area contributed by atoms with Crippen molar-refractivity contribution in [1.29, 1.82) is 10.8 Å². The lowest BCUT2D eigenvalue weighted by Gasteiger charge is -2.31. The molecule has 17 heteroatoms. The topological polar surface area (TPSA) is 243 Å². The van der Waals surface area contributed by atoms with E-state index < -0.39 is 33.7 Å². The monoisotopic (exact) mass is 725 g/mol. The molecule has 1 aromatic rings. The quantitative estimate of drug-likeness (QED) is 0.0698. The minimum absolute atomic E-state index is 0. The fourth-order valence-electron chi connectivity index (χ4n) is 3.90. The summed E-state index contributed by atoms with van der Waals surface area (Å²) in [6.45, 7) is 2.01. The van der Waals surface area contributed by atoms with E-state index in [1.54, 1.807) is 23.1 Å². The minimum atomic E-state index is -3.75. The van der Waals surface area contributed by atoms with E-state index in [4.69, 9.17) is 32.8 Å². The third-order valence-electron chi connectivity index (χ3n) is 5.98. The molecule has 41 heavy (non-hydrogen) atoms. The summed E-state index contributed by atoms with van der Waals surface area (Å²) in [4.78, 5) is 27.9. The molecule has 2 amide bonds. The molecule has 0 bridgehead atoms. The van der Waals surface area contributed by atoms with Crippen LogP contribution in [0.5, 0.6) is 0 Å². The summed E-state index contributed by atoms with van der Waals surface area (Å²) in [6.07, 6.45) is 2.17. The number of guanidine groups is 2. The van der Waals surface area contributed by atoms with Crippen molar-refractivity contribution in [2.75, 3.05) is 39.4 Å². The van der Waals surface area contributed by atoms with E-state index in [9.17, 15) is 18.0 Å². The summed E-state index contributed by atoms with van der Waals surface area (Å²) in [7, 11) is -3.75. The highest BCUT2D eigenvalue weighted by molar-refractivity contribution is 8.93. The zero-order chi connectivity index (χ0) is 28.8. The van der Waals surface area contributed by atoms with Gasteiger partial charge in [-0.1, -0.05) is 24.3 Å². The number of nitrogens with zero attached hydrogens (tertiary/aromatic N) is 1. The molecule has 1 aliphatic rings. The van der Waals surface area contributed by atoms with Crippen LogP contribution in [0.4, 0.5) is 0 Å². The van der Waals surface area contributed by atoms with Crippen LogP contribution >= 0.6 is 34.0 Å². The first-order valence-corrected chi connectivity index (χ1v) is 14.1. The highest BCUT2D eigenvalue weighted by Gasteiger charge is 2.30. The predicted octanol–water partition coefficient (Wildman–Crippen LogP) is -0.447. The summed E-state index contributed by atoms with van der Waals surface area (Å²) in [6, 6.07) is 6.09. The summed E-state index contributed by atoms with van der Waals surface area (Å²) >= 11 is 0. The van der Waals surface area contributed by atoms with E-state index in [1.807, 2.05) is 0 Å². The molecule has 232 valence electrons. The number of nitrogens with two attached hydrogens (primary N) is 3. The summed E-state index contributed by atoms with van der Waals surface area (Å²) in [5.74, 6) is -2.02. The highest BCUT2D eigenvalue weighted by Crippen LogP contribution is 2.14. The Morgan fingerprint density at radius 1 is 1.05 bits per heavy atom. The van der Waals surface area contributed by atoms with E-state index in [-0.39, 0.29) is 69.7 Å². The Bertz CT molecular complexity index is 1120. The number of hydrogen-bond donors (Lipinski definition) is 8. The zero-order valence-corrected chi connectivity index (χ0v) is 26.8. The first-order valence-electron chi connectivity index (χ1n) is 12.6. The van der Waals surface area contributed by atoms with Gasteiger partial charge in [-0.15, -0.1) is 34.0 Å². The summed E-state index contributed by atoms with van der Waals surface area (Å²) in [5, 5.41) is 23.8. The van der Waals surface area contributed by atoms with Gasteiger partial charge in [0.25, 0.3) is 0 Å². The maximum absolute atomic E-state index is 13.1. The van der Waals surface area contributed by atoms with Gasteiger partial charge < -0.3 is 42.8 Å². The molecule has 1 saturated heterocycles. The molecule has 1 heterocycles. The van der Waals surface area contributed by atoms with E-state index in [2.05, 4.69) is 16.0 Å². The molecule has 0 saturated carbocycles. The number of sulfone groups is 1. The number of carbonyl (C=O) groups is 2. The first kappa shape index (κ1) is 38.3. The summed E-state index contributed by atoms with van der Waals surface area (Å²) < 4.78 is 30.7. The van der Waals surface area contributed by atoms with Crippen LogP contribution in [-0.2, 0) is 24.2 Å². The highest BCUT2D eigenvalue weighted by atomic mass is 79.9. The molecule has 0 aromatic heterocycles. The van der Waals surface area contributed by atoms with Crippen LogP contribution in [0.2, 0.25) is 0 Å². The van der Waals surface area contributed by atoms with Gasteiger partial charge >= 0.3 is 0 Å². The van der Waals surface area contributed by atoms with Crippen molar-refractivity contribution in [3.8, 4) is 0 Å². The lowest BCUT2D eigenvalue weighted by Crippen LogP contribution is -2.51. The molecule has 14 nitrogen and oxygen atoms in total. The fourth-order valence-corrected chi connectivity index (χ4v) is 4.99. The van der Waals surface area contributed by atoms with Gasteiger partial charge in [-0.05, 0) is 31.4 Å². The Balaban J connectivity index is 0.00000800. The van der Waals surface area contributed by atoms with Crippen molar-refractivity contribution < 1.29 is 22.7 Å². The second kappa shape index (κ2) is 19.4. The van der Waals surface area contributed by atoms with Crippen molar-refractivity contribution >= 4 is 67.5 Å². The Morgan fingerprint density at radius 2 is 1.66 bits per heavy atom. The first-order chi connectivity index (χ1) is 18.5. The van der Waals surface area contributed by atoms with Gasteiger partial charge in [-0.25, -0.2) is 8.42 Å². The Labute approximate surface area is 261 Å². The van der Waals surface area contributed by atoms with E-state index >= 15 is 0 Å². The number of halogens is 2. The fraction of sp³-hybridized carbons (Fsp3) is 0.500. The SMILES string of the molecule is Br.Br.N=C(N)NCCC[C@@H](/C=C/S(=O)(=O)c1ccccc1)NC(=O)[C@@H](N)CC(CNC(=N)N)C(=O)N1CCOCC1. The van der Waals surface area contributed by atoms with Crippen molar-refractivity contribution in [3.05, 3.63) is 41.8 Å². The van der Waals surface area contributed by atoms with Gasteiger partial charge in [0.1, 0.15) is 0 Å². The third-order valence-corrected chi connectivity index (χ3v) is 7.43. The number of hydrogen-bond acceptors (Lipinski definition) is 8. The van der Waals surface area contributed by atoms with Crippen molar-refractivity contribution in [3.63, 3.8) is 0 Å². The number of ether oxygens (including phenoxy) is 1. The van der Waals surface area contributed by atoms with Gasteiger partial charge in [0.15, 0.2) is 21.8 Å². The lowest BCUT2D eigenvalue weighted by atomic mass is 9.97. The molecule has 0 radical (unpaired) electrons. The van der Waals surface area contributed by atoms with Gasteiger partial charge in [-0.2, -0.15) is 0 Å². The number of rotatable bonds is 14. The predicted molar refractivity (Wildman–Crippen MR) is 168 cm³/mol. The Hall–Kier alpha value is -2.73. The van der Waals surface area contributed by atoms with Gasteiger partial charge in [0, 0.05) is 37.6 Å². The Kier molecular flexibility index (Phi) is 18.1. The molecule has 0 aliphatic carbocycles. The second-order valence-electron chi connectivity index (χ2n) is 9.06. The number of amides is 2. The van der Waals surface area contributed by atoms with Crippen LogP contribution in [-0.4, -0.2) is 88.5 Å². The van der Waals surface area contributed by atoms with Crippen molar-refractivity contribution in [1.82, 2.24) is 20.9 Å². The van der Waals surface area contributed by atoms with Crippen LogP contribution in [0.1, 0.15) is 19.3 Å². The smallest absolute Gasteiger partial charge is 0.237 e. The van der Waals surface area contributed by atoms with E-state index in [0.717, 1.165) is 5.41 Å². The normalized spacial score (nSPS) is 15.4. The molecular formula is C24H41Br2N9O5S. The number of morpholine rings is 1. The number of carbonyl (C=O) groups excluding carboxylic acids is 2. The molecule has 1 fully saturated rings. The second-order valence-corrected chi connectivity index (χ2v) is 10.9. The number of nitrogens with one attached hydrogen (secondary N) is 5. The molecule has 2 rings (SSSR count). The largest absolute Gasteiger partial charge is 0.378 e. The molecule has 3 atom stereocenters. The zero-order valence-electron chi connectivity index (χ0n) is 22.6. The van der Waals surface area contributed by atoms with E-state index in [1.165, 1.54) is 18.2 Å². The van der Waals surface area contributed by atoms with E-state index in [0.29, 0.717) is 45.7 Å². The molecule has 0 spiro atoms. The Morgan fingerprint density at radius 3 is 2.24 bits per heavy atom. The van der Waals surface area contributed by atoms with Crippen LogP contribution in [0.15, 0.2) is 46.7 Å². The molecule has 1 aliphatic heterocycles. The third kappa shape index (κ3) is 14.1. The molecule has 11 N–H and O–H groups in total. The van der Waals surface area contributed by atoms with Gasteiger partial charge in [0.05, 0.1) is 30.1 Å². The van der Waals surface area contributed by atoms with Crippen LogP contribution in [0.3, 0.4) is 0 Å². The van der Waals surface area contributed by atoms with Crippen LogP contribution < -0.4 is 33.2 Å². The maximum atomic E-state index is 13.1. The van der Waals surface area contributed by atoms with Gasteiger partial charge in [0.2, 0.25) is 11.8 Å². The van der Waals surface area contributed by atoms with Crippen LogP contribution in [0.25, 0.3) is 0 Å². The number of benzene rings is 1. The maximum Gasteiger partial charge on any atom is 0.237 e. The van der Waals surface area contributed by atoms with Crippen molar-refractivity contribution in [2.24, 2.45) is 23.1 Å². The average molecular weight is 728 g/mol. The standard InChI is InChI=1S/C24H39N9O5S.2BrH/c25-20(15-17(16-31-24(28)29)22(35)33-10-12-38-13-11-33)21(34)32-18(5-4-9-30-23(26)27)8-14-39(36,37)19-6-2-1-3-7-19;;/h1-3,6-8,14,17-18,20H,4-5,9-13,15-16,25H2,(H,32,34)(H4,26,27,30)(H4,28,29,31);2*1H/b14-8+;;/t17?,18-,20-;;/m0../s1. The molecule has 1 aromatic carbocycles. The molecular weight excluding hydrogens is 686 g/mol. The minimum Gasteiger partial charge on any atom is -0.378 e. The van der Waals surface area contributed by atoms with Crippen molar-refractivity contribution in [2.45, 2.75) is 36.2 Å². The van der Waals surface area contributed by atoms with Gasteiger partial charge in [-0.3, -0.25) is 20.4 Å². The summed E-state index contributed by atoms with van der Waals surface area (Å²) in [5.41, 5.74) is 16.9. The van der Waals surface area contributed by atoms with Crippen LogP contribution in [0, 0.1) is 16.7 Å².